The Morgan fingerprint density at radius 1 is 1.24 bits per heavy atom. The lowest BCUT2D eigenvalue weighted by atomic mass is 10.0. The van der Waals surface area contributed by atoms with Gasteiger partial charge in [-0.2, -0.15) is 0 Å². The first-order valence-electron chi connectivity index (χ1n) is 9.67. The van der Waals surface area contributed by atoms with Gasteiger partial charge in [-0.25, -0.2) is 13.9 Å². The van der Waals surface area contributed by atoms with E-state index in [-0.39, 0.29) is 11.9 Å². The van der Waals surface area contributed by atoms with Crippen molar-refractivity contribution in [1.29, 1.82) is 0 Å². The molecule has 0 radical (unpaired) electrons. The number of cyclic esters (lactones) is 1. The molecule has 2 aromatic carbocycles. The second-order valence-electron chi connectivity index (χ2n) is 7.00. The van der Waals surface area contributed by atoms with Crippen molar-refractivity contribution in [2.45, 2.75) is 26.1 Å². The Bertz CT molecular complexity index is 975. The van der Waals surface area contributed by atoms with Crippen LogP contribution in [-0.4, -0.2) is 40.3 Å². The summed E-state index contributed by atoms with van der Waals surface area (Å²) < 4.78 is 21.8. The highest BCUT2D eigenvalue weighted by Gasteiger charge is 2.33. The number of hydrogen-bond donors (Lipinski definition) is 1. The minimum absolute atomic E-state index is 0.333. The zero-order valence-corrected chi connectivity index (χ0v) is 16.2. The summed E-state index contributed by atoms with van der Waals surface area (Å²) in [5.74, 6) is -0.372. The molecule has 3 aromatic rings. The van der Waals surface area contributed by atoms with E-state index in [0.717, 1.165) is 18.7 Å². The molecular formula is C21H23FN5O2+. The van der Waals surface area contributed by atoms with Gasteiger partial charge in [0.25, 0.3) is 0 Å². The summed E-state index contributed by atoms with van der Waals surface area (Å²) in [6.07, 6.45) is 2.42. The molecule has 0 aliphatic carbocycles. The van der Waals surface area contributed by atoms with Gasteiger partial charge in [-0.05, 0) is 30.7 Å². The largest absolute Gasteiger partial charge is 0.442 e. The molecule has 2 heterocycles. The summed E-state index contributed by atoms with van der Waals surface area (Å²) in [7, 11) is 0. The third kappa shape index (κ3) is 4.27. The van der Waals surface area contributed by atoms with Gasteiger partial charge in [-0.3, -0.25) is 4.90 Å². The molecule has 29 heavy (non-hydrogen) atoms. The van der Waals surface area contributed by atoms with Gasteiger partial charge in [0.05, 0.1) is 31.5 Å². The summed E-state index contributed by atoms with van der Waals surface area (Å²) in [6.45, 7) is 4.78. The third-order valence-corrected chi connectivity index (χ3v) is 4.93. The fraction of sp³-hybridized carbons (Fsp3) is 0.286. The molecule has 8 heteroatoms. The van der Waals surface area contributed by atoms with Gasteiger partial charge in [0.15, 0.2) is 0 Å². The molecule has 150 valence electrons. The van der Waals surface area contributed by atoms with Crippen molar-refractivity contribution in [3.8, 4) is 11.1 Å². The Morgan fingerprint density at radius 3 is 2.76 bits per heavy atom. The van der Waals surface area contributed by atoms with Crippen molar-refractivity contribution < 1.29 is 19.2 Å². The minimum Gasteiger partial charge on any atom is -0.442 e. The second kappa shape index (κ2) is 8.40. The molecular weight excluding hydrogens is 373 g/mol. The number of carbonyl (C=O) groups excluding carboxylic acids is 1. The van der Waals surface area contributed by atoms with E-state index < -0.39 is 6.09 Å². The van der Waals surface area contributed by atoms with E-state index in [1.165, 1.54) is 16.5 Å². The maximum atomic E-state index is 14.8. The lowest BCUT2D eigenvalue weighted by Crippen LogP contribution is -2.81. The van der Waals surface area contributed by atoms with Gasteiger partial charge in [0.1, 0.15) is 18.5 Å². The predicted octanol–water partition coefficient (Wildman–Crippen LogP) is 2.19. The number of quaternary nitrogens is 1. The van der Waals surface area contributed by atoms with Gasteiger partial charge >= 0.3 is 6.09 Å². The van der Waals surface area contributed by atoms with Gasteiger partial charge in [0.2, 0.25) is 0 Å². The Kier molecular flexibility index (Phi) is 5.53. The topological polar surface area (TPSA) is 76.9 Å². The maximum absolute atomic E-state index is 14.8. The second-order valence-corrected chi connectivity index (χ2v) is 7.00. The smallest absolute Gasteiger partial charge is 0.414 e. The molecule has 0 unspecified atom stereocenters. The number of aromatic nitrogens is 3. The van der Waals surface area contributed by atoms with Gasteiger partial charge in [-0.1, -0.05) is 29.5 Å². The first-order chi connectivity index (χ1) is 14.1. The van der Waals surface area contributed by atoms with Crippen molar-refractivity contribution in [3.05, 3.63) is 66.2 Å². The average Bonchev–Trinajstić information content (AvgIpc) is 3.36. The number of nitrogens with zero attached hydrogens (tertiary/aromatic N) is 4. The lowest BCUT2D eigenvalue weighted by molar-refractivity contribution is -0.667. The third-order valence-electron chi connectivity index (χ3n) is 4.93. The normalized spacial score (nSPS) is 16.3. The summed E-state index contributed by atoms with van der Waals surface area (Å²) in [6, 6.07) is 12.7. The van der Waals surface area contributed by atoms with Crippen LogP contribution in [-0.2, 0) is 17.8 Å². The van der Waals surface area contributed by atoms with Gasteiger partial charge < -0.3 is 10.1 Å². The Morgan fingerprint density at radius 2 is 2.07 bits per heavy atom. The van der Waals surface area contributed by atoms with E-state index >= 15 is 0 Å². The molecule has 7 nitrogen and oxygen atoms in total. The molecule has 1 amide bonds. The summed E-state index contributed by atoms with van der Waals surface area (Å²) >= 11 is 0. The van der Waals surface area contributed by atoms with Gasteiger partial charge in [0, 0.05) is 17.3 Å². The minimum atomic E-state index is -0.487. The Labute approximate surface area is 168 Å². The molecule has 1 aliphatic heterocycles. The average molecular weight is 396 g/mol. The van der Waals surface area contributed by atoms with Gasteiger partial charge in [-0.15, -0.1) is 5.10 Å². The molecule has 1 atom stereocenters. The number of anilines is 1. The van der Waals surface area contributed by atoms with Crippen molar-refractivity contribution >= 4 is 11.8 Å². The number of nitrogens with two attached hydrogens (primary N) is 1. The summed E-state index contributed by atoms with van der Waals surface area (Å²) in [5.41, 5.74) is 2.99. The van der Waals surface area contributed by atoms with Crippen LogP contribution in [0.3, 0.4) is 0 Å². The highest BCUT2D eigenvalue weighted by Crippen LogP contribution is 2.29. The zero-order chi connectivity index (χ0) is 20.2. The van der Waals surface area contributed by atoms with Crippen LogP contribution in [0.15, 0.2) is 54.9 Å². The molecule has 4 rings (SSSR count). The number of carbonyl (C=O) groups is 1. The maximum Gasteiger partial charge on any atom is 0.414 e. The monoisotopic (exact) mass is 396 g/mol. The van der Waals surface area contributed by atoms with Crippen molar-refractivity contribution in [2.24, 2.45) is 0 Å². The van der Waals surface area contributed by atoms with Crippen LogP contribution in [0.25, 0.3) is 11.1 Å². The number of benzene rings is 2. The number of rotatable bonds is 7. The number of ether oxygens (including phenoxy) is 1. The van der Waals surface area contributed by atoms with E-state index in [9.17, 15) is 9.18 Å². The van der Waals surface area contributed by atoms with Crippen LogP contribution in [0.2, 0.25) is 0 Å². The highest BCUT2D eigenvalue weighted by molar-refractivity contribution is 5.90. The van der Waals surface area contributed by atoms with Crippen LogP contribution in [0.4, 0.5) is 14.9 Å². The SMILES string of the molecule is CC[NH2+]Cc1ccc(-c2ccc(N3C[C@H](Cn4ccnn4)OC3=O)cc2F)cc1. The molecule has 1 aliphatic rings. The van der Waals surface area contributed by atoms with Crippen molar-refractivity contribution in [1.82, 2.24) is 15.0 Å². The van der Waals surface area contributed by atoms with Crippen LogP contribution in [0.1, 0.15) is 12.5 Å². The predicted molar refractivity (Wildman–Crippen MR) is 106 cm³/mol. The van der Waals surface area contributed by atoms with Crippen molar-refractivity contribution in [3.63, 3.8) is 0 Å². The van der Waals surface area contributed by atoms with E-state index in [2.05, 4.69) is 22.6 Å². The fourth-order valence-electron chi connectivity index (χ4n) is 3.40. The van der Waals surface area contributed by atoms with Crippen LogP contribution < -0.4 is 10.2 Å². The number of amides is 1. The van der Waals surface area contributed by atoms with Crippen molar-refractivity contribution in [2.75, 3.05) is 18.0 Å². The molecule has 0 saturated carbocycles. The Hall–Kier alpha value is -3.26. The first kappa shape index (κ1) is 19.1. The van der Waals surface area contributed by atoms with Crippen LogP contribution in [0.5, 0.6) is 0 Å². The molecule has 1 fully saturated rings. The molecule has 1 aromatic heterocycles. The van der Waals surface area contributed by atoms with Crippen LogP contribution in [0, 0.1) is 5.82 Å². The number of hydrogen-bond acceptors (Lipinski definition) is 4. The lowest BCUT2D eigenvalue weighted by Gasteiger charge is -2.14. The Balaban J connectivity index is 1.47. The summed E-state index contributed by atoms with van der Waals surface area (Å²) in [5, 5.41) is 9.82. The molecule has 0 bridgehead atoms. The van der Waals surface area contributed by atoms with Crippen LogP contribution >= 0.6 is 0 Å². The molecule has 1 saturated heterocycles. The first-order valence-corrected chi connectivity index (χ1v) is 9.67. The molecule has 2 N–H and O–H groups in total. The molecule has 0 spiro atoms. The number of halogens is 1. The quantitative estimate of drug-likeness (QED) is 0.664. The standard InChI is InChI=1S/C21H22FN5O2/c1-2-23-12-15-3-5-16(6-4-15)19-8-7-17(11-20(19)22)27-14-18(29-21(27)28)13-26-10-9-24-25-26/h3-11,18,23H,2,12-14H2,1H3/p+1/t18-/m0/s1. The van der Waals surface area contributed by atoms with E-state index in [0.29, 0.717) is 24.3 Å². The van der Waals surface area contributed by atoms with E-state index in [4.69, 9.17) is 4.74 Å². The fourth-order valence-corrected chi connectivity index (χ4v) is 3.40. The highest BCUT2D eigenvalue weighted by atomic mass is 19.1. The summed E-state index contributed by atoms with van der Waals surface area (Å²) in [4.78, 5) is 13.7. The van der Waals surface area contributed by atoms with E-state index in [1.54, 1.807) is 29.2 Å². The zero-order valence-electron chi connectivity index (χ0n) is 16.2. The van der Waals surface area contributed by atoms with E-state index in [1.807, 2.05) is 24.3 Å².